The third kappa shape index (κ3) is 1.70. The van der Waals surface area contributed by atoms with Crippen molar-refractivity contribution in [2.75, 3.05) is 11.5 Å². The summed E-state index contributed by atoms with van der Waals surface area (Å²) in [6, 6.07) is 0. The van der Waals surface area contributed by atoms with E-state index in [1.54, 1.807) is 11.3 Å². The van der Waals surface area contributed by atoms with E-state index in [4.69, 9.17) is 0 Å². The molecule has 1 aromatic heterocycles. The quantitative estimate of drug-likeness (QED) is 0.770. The minimum atomic E-state index is 0.720. The topological polar surface area (TPSA) is 12.9 Å². The lowest BCUT2D eigenvalue weighted by Gasteiger charge is -2.04. The summed E-state index contributed by atoms with van der Waals surface area (Å²) in [5.74, 6) is 3.29. The summed E-state index contributed by atoms with van der Waals surface area (Å²) >= 11 is 7.23. The molecule has 1 saturated heterocycles. The molecule has 0 N–H and O–H groups in total. The lowest BCUT2D eigenvalue weighted by Crippen LogP contribution is -1.98. The molecule has 0 aromatic carbocycles. The van der Waals surface area contributed by atoms with Gasteiger partial charge in [-0.1, -0.05) is 0 Å². The minimum absolute atomic E-state index is 0.720. The zero-order valence-electron chi connectivity index (χ0n) is 6.84. The number of hydrogen-bond donors (Lipinski definition) is 0. The highest BCUT2D eigenvalue weighted by atomic mass is 79.9. The number of hydrogen-bond acceptors (Lipinski definition) is 3. The second-order valence-electron chi connectivity index (χ2n) is 2.97. The molecule has 1 aliphatic rings. The molecule has 1 aromatic rings. The Morgan fingerprint density at radius 1 is 1.58 bits per heavy atom. The predicted molar refractivity (Wildman–Crippen MR) is 59.2 cm³/mol. The first-order valence-corrected chi connectivity index (χ1v) is 6.74. The summed E-state index contributed by atoms with van der Waals surface area (Å²) in [7, 11) is 0. The average molecular weight is 264 g/mol. The van der Waals surface area contributed by atoms with Gasteiger partial charge in [-0.15, -0.1) is 11.3 Å². The van der Waals surface area contributed by atoms with Crippen LogP contribution in [0.15, 0.2) is 3.92 Å². The third-order valence-electron chi connectivity index (χ3n) is 2.12. The molecular formula is C8H10BrNS2. The van der Waals surface area contributed by atoms with Crippen LogP contribution in [0.2, 0.25) is 0 Å². The fourth-order valence-electron chi connectivity index (χ4n) is 1.50. The molecule has 0 aliphatic carbocycles. The molecule has 1 aliphatic heterocycles. The molecule has 1 unspecified atom stereocenters. The molecule has 0 spiro atoms. The maximum atomic E-state index is 4.51. The fourth-order valence-corrected chi connectivity index (χ4v) is 4.36. The van der Waals surface area contributed by atoms with Gasteiger partial charge in [0.2, 0.25) is 0 Å². The Bertz CT molecular complexity index is 279. The SMILES string of the molecule is Cc1sc(Br)nc1C1CCSC1. The summed E-state index contributed by atoms with van der Waals surface area (Å²) in [5, 5.41) is 0. The van der Waals surface area contributed by atoms with Crippen LogP contribution in [-0.4, -0.2) is 16.5 Å². The third-order valence-corrected chi connectivity index (χ3v) is 4.72. The zero-order chi connectivity index (χ0) is 8.55. The molecule has 1 fully saturated rings. The van der Waals surface area contributed by atoms with E-state index in [0.717, 1.165) is 9.83 Å². The van der Waals surface area contributed by atoms with Crippen LogP contribution in [0.5, 0.6) is 0 Å². The molecule has 0 bridgehead atoms. The van der Waals surface area contributed by atoms with Gasteiger partial charge in [0.15, 0.2) is 3.92 Å². The van der Waals surface area contributed by atoms with Gasteiger partial charge in [0, 0.05) is 16.5 Å². The van der Waals surface area contributed by atoms with Gasteiger partial charge in [-0.05, 0) is 35.0 Å². The van der Waals surface area contributed by atoms with Crippen LogP contribution in [0.3, 0.4) is 0 Å². The van der Waals surface area contributed by atoms with Crippen molar-refractivity contribution < 1.29 is 0 Å². The highest BCUT2D eigenvalue weighted by Gasteiger charge is 2.22. The first-order chi connectivity index (χ1) is 5.77. The van der Waals surface area contributed by atoms with E-state index >= 15 is 0 Å². The van der Waals surface area contributed by atoms with Gasteiger partial charge in [0.1, 0.15) is 0 Å². The van der Waals surface area contributed by atoms with Gasteiger partial charge in [0.05, 0.1) is 5.69 Å². The van der Waals surface area contributed by atoms with E-state index in [1.165, 1.54) is 28.5 Å². The van der Waals surface area contributed by atoms with Crippen molar-refractivity contribution in [3.8, 4) is 0 Å². The molecule has 0 radical (unpaired) electrons. The first kappa shape index (κ1) is 9.03. The van der Waals surface area contributed by atoms with Crippen molar-refractivity contribution >= 4 is 39.0 Å². The first-order valence-electron chi connectivity index (χ1n) is 3.98. The van der Waals surface area contributed by atoms with E-state index in [1.807, 2.05) is 11.8 Å². The van der Waals surface area contributed by atoms with E-state index in [-0.39, 0.29) is 0 Å². The molecule has 0 amide bonds. The van der Waals surface area contributed by atoms with Crippen molar-refractivity contribution in [1.29, 1.82) is 0 Å². The number of nitrogens with zero attached hydrogens (tertiary/aromatic N) is 1. The van der Waals surface area contributed by atoms with Crippen LogP contribution in [0.4, 0.5) is 0 Å². The summed E-state index contributed by atoms with van der Waals surface area (Å²) in [6.07, 6.45) is 1.31. The maximum absolute atomic E-state index is 4.51. The summed E-state index contributed by atoms with van der Waals surface area (Å²) in [6.45, 7) is 2.17. The fraction of sp³-hybridized carbons (Fsp3) is 0.625. The largest absolute Gasteiger partial charge is 0.234 e. The van der Waals surface area contributed by atoms with Gasteiger partial charge >= 0.3 is 0 Å². The van der Waals surface area contributed by atoms with E-state index in [0.29, 0.717) is 0 Å². The molecule has 0 saturated carbocycles. The van der Waals surface area contributed by atoms with Crippen molar-refractivity contribution in [1.82, 2.24) is 4.98 Å². The monoisotopic (exact) mass is 263 g/mol. The molecule has 66 valence electrons. The molecular weight excluding hydrogens is 254 g/mol. The normalized spacial score (nSPS) is 23.3. The van der Waals surface area contributed by atoms with Crippen molar-refractivity contribution in [2.45, 2.75) is 19.3 Å². The van der Waals surface area contributed by atoms with Gasteiger partial charge in [0.25, 0.3) is 0 Å². The summed E-state index contributed by atoms with van der Waals surface area (Å²) < 4.78 is 1.03. The van der Waals surface area contributed by atoms with Crippen LogP contribution in [0.1, 0.15) is 22.9 Å². The molecule has 1 atom stereocenters. The molecule has 2 rings (SSSR count). The van der Waals surface area contributed by atoms with E-state index < -0.39 is 0 Å². The standard InChI is InChI=1S/C8H10BrNS2/c1-5-7(10-8(9)12-5)6-2-3-11-4-6/h6H,2-4H2,1H3. The molecule has 2 heterocycles. The van der Waals surface area contributed by atoms with Crippen molar-refractivity contribution in [3.05, 3.63) is 14.5 Å². The van der Waals surface area contributed by atoms with Crippen molar-refractivity contribution in [2.24, 2.45) is 0 Å². The number of thioether (sulfide) groups is 1. The van der Waals surface area contributed by atoms with Crippen molar-refractivity contribution in [3.63, 3.8) is 0 Å². The molecule has 12 heavy (non-hydrogen) atoms. The van der Waals surface area contributed by atoms with Gasteiger partial charge in [-0.3, -0.25) is 0 Å². The molecule has 1 nitrogen and oxygen atoms in total. The number of aryl methyl sites for hydroxylation is 1. The second-order valence-corrected chi connectivity index (χ2v) is 6.60. The smallest absolute Gasteiger partial charge is 0.159 e. The van der Waals surface area contributed by atoms with Gasteiger partial charge in [-0.2, -0.15) is 11.8 Å². The van der Waals surface area contributed by atoms with E-state index in [9.17, 15) is 0 Å². The van der Waals surface area contributed by atoms with Crippen LogP contribution >= 0.6 is 39.0 Å². The lowest BCUT2D eigenvalue weighted by molar-refractivity contribution is 0.751. The average Bonchev–Trinajstić information content (AvgIpc) is 2.58. The highest BCUT2D eigenvalue weighted by molar-refractivity contribution is 9.11. The Morgan fingerprint density at radius 2 is 2.42 bits per heavy atom. The van der Waals surface area contributed by atoms with Gasteiger partial charge in [-0.25, -0.2) is 4.98 Å². The number of rotatable bonds is 1. The van der Waals surface area contributed by atoms with Gasteiger partial charge < -0.3 is 0 Å². The second kappa shape index (κ2) is 3.68. The lowest BCUT2D eigenvalue weighted by atomic mass is 10.1. The number of halogens is 1. The Hall–Kier alpha value is 0.460. The Morgan fingerprint density at radius 3 is 2.92 bits per heavy atom. The zero-order valence-corrected chi connectivity index (χ0v) is 10.1. The van der Waals surface area contributed by atoms with E-state index in [2.05, 4.69) is 27.8 Å². The van der Waals surface area contributed by atoms with Crippen LogP contribution < -0.4 is 0 Å². The van der Waals surface area contributed by atoms with Crippen LogP contribution in [-0.2, 0) is 0 Å². The predicted octanol–water partition coefficient (Wildman–Crippen LogP) is 3.43. The Balaban J connectivity index is 2.25. The minimum Gasteiger partial charge on any atom is -0.234 e. The van der Waals surface area contributed by atoms with Crippen LogP contribution in [0.25, 0.3) is 0 Å². The highest BCUT2D eigenvalue weighted by Crippen LogP contribution is 2.36. The maximum Gasteiger partial charge on any atom is 0.159 e. The number of thiazole rings is 1. The molecule has 4 heteroatoms. The summed E-state index contributed by atoms with van der Waals surface area (Å²) in [5.41, 5.74) is 1.33. The Kier molecular flexibility index (Phi) is 2.77. The van der Waals surface area contributed by atoms with Crippen LogP contribution in [0, 0.1) is 6.92 Å². The summed E-state index contributed by atoms with van der Waals surface area (Å²) in [4.78, 5) is 5.90. The Labute approximate surface area is 89.1 Å². The number of aromatic nitrogens is 1.